The molecule has 1 atom stereocenters. The maximum atomic E-state index is 6.12. The lowest BCUT2D eigenvalue weighted by Crippen LogP contribution is -2.09. The highest BCUT2D eigenvalue weighted by atomic mass is 35.5. The summed E-state index contributed by atoms with van der Waals surface area (Å²) in [6.07, 6.45) is 4.72. The van der Waals surface area contributed by atoms with Crippen LogP contribution in [0.3, 0.4) is 0 Å². The Hall–Kier alpha value is -1.07. The molecule has 1 unspecified atom stereocenters. The van der Waals surface area contributed by atoms with E-state index >= 15 is 0 Å². The molecule has 2 heterocycles. The van der Waals surface area contributed by atoms with E-state index < -0.39 is 4.33 Å². The maximum absolute atomic E-state index is 6.12. The molecular weight excluding hydrogens is 299 g/mol. The standard InChI is InChI=1S/C13H16Cl2N4O/c1-12(8-13(12,14)15)7-10-17-11(20-18-10)4-3-9-5-6-16-19(9)2/h5-6H,3-4,7-8H2,1-2H3. The molecule has 2 aromatic rings. The van der Waals surface area contributed by atoms with Crippen LogP contribution in [0.4, 0.5) is 0 Å². The zero-order chi connectivity index (χ0) is 14.4. The van der Waals surface area contributed by atoms with E-state index in [2.05, 4.69) is 15.2 Å². The van der Waals surface area contributed by atoms with Crippen molar-refractivity contribution in [1.82, 2.24) is 19.9 Å². The zero-order valence-corrected chi connectivity index (χ0v) is 12.9. The number of rotatable bonds is 5. The summed E-state index contributed by atoms with van der Waals surface area (Å²) in [5, 5.41) is 8.13. The fourth-order valence-electron chi connectivity index (χ4n) is 2.33. The fraction of sp³-hybridized carbons (Fsp3) is 0.615. The Bertz CT molecular complexity index is 621. The molecule has 1 aliphatic rings. The van der Waals surface area contributed by atoms with E-state index in [9.17, 15) is 0 Å². The van der Waals surface area contributed by atoms with Gasteiger partial charge in [0, 0.05) is 37.2 Å². The highest BCUT2D eigenvalue weighted by Crippen LogP contribution is 2.64. The van der Waals surface area contributed by atoms with Crippen molar-refractivity contribution in [2.45, 2.75) is 36.9 Å². The number of aryl methyl sites for hydroxylation is 3. The largest absolute Gasteiger partial charge is 0.339 e. The van der Waals surface area contributed by atoms with Gasteiger partial charge in [0.15, 0.2) is 5.82 Å². The normalized spacial score (nSPS) is 24.0. The predicted molar refractivity (Wildman–Crippen MR) is 75.8 cm³/mol. The molecule has 0 amide bonds. The van der Waals surface area contributed by atoms with Gasteiger partial charge < -0.3 is 4.52 Å². The van der Waals surface area contributed by atoms with E-state index in [1.165, 1.54) is 0 Å². The summed E-state index contributed by atoms with van der Waals surface area (Å²) in [5.41, 5.74) is 0.999. The third-order valence-electron chi connectivity index (χ3n) is 3.95. The van der Waals surface area contributed by atoms with Crippen LogP contribution in [0, 0.1) is 5.41 Å². The molecule has 7 heteroatoms. The van der Waals surface area contributed by atoms with E-state index in [1.807, 2.05) is 24.7 Å². The first-order valence-corrected chi connectivity index (χ1v) is 7.31. The van der Waals surface area contributed by atoms with E-state index in [0.29, 0.717) is 24.6 Å². The number of hydrogen-bond donors (Lipinski definition) is 0. The number of aromatic nitrogens is 4. The molecule has 108 valence electrons. The number of halogens is 2. The second-order valence-corrected chi connectivity index (χ2v) is 7.15. The van der Waals surface area contributed by atoms with Crippen LogP contribution in [0.2, 0.25) is 0 Å². The van der Waals surface area contributed by atoms with E-state index in [4.69, 9.17) is 27.7 Å². The third kappa shape index (κ3) is 2.56. The number of hydrogen-bond acceptors (Lipinski definition) is 4. The minimum Gasteiger partial charge on any atom is -0.339 e. The molecule has 2 aromatic heterocycles. The summed E-state index contributed by atoms with van der Waals surface area (Å²) in [4.78, 5) is 4.41. The van der Waals surface area contributed by atoms with Crippen LogP contribution < -0.4 is 0 Å². The molecule has 0 N–H and O–H groups in total. The molecule has 5 nitrogen and oxygen atoms in total. The Morgan fingerprint density at radius 3 is 2.75 bits per heavy atom. The molecule has 0 aromatic carbocycles. The summed E-state index contributed by atoms with van der Waals surface area (Å²) in [6, 6.07) is 1.98. The maximum Gasteiger partial charge on any atom is 0.227 e. The van der Waals surface area contributed by atoms with Gasteiger partial charge in [0.25, 0.3) is 0 Å². The summed E-state index contributed by atoms with van der Waals surface area (Å²) < 4.78 is 6.46. The van der Waals surface area contributed by atoms with Crippen molar-refractivity contribution in [3.8, 4) is 0 Å². The van der Waals surface area contributed by atoms with Gasteiger partial charge in [-0.25, -0.2) is 0 Å². The van der Waals surface area contributed by atoms with Gasteiger partial charge in [-0.15, -0.1) is 23.2 Å². The van der Waals surface area contributed by atoms with Crippen LogP contribution >= 0.6 is 23.2 Å². The molecule has 0 spiro atoms. The molecular formula is C13H16Cl2N4O. The summed E-state index contributed by atoms with van der Waals surface area (Å²) >= 11 is 12.2. The van der Waals surface area contributed by atoms with Crippen molar-refractivity contribution in [3.05, 3.63) is 29.7 Å². The van der Waals surface area contributed by atoms with Crippen molar-refractivity contribution < 1.29 is 4.52 Å². The molecule has 0 saturated heterocycles. The van der Waals surface area contributed by atoms with E-state index in [-0.39, 0.29) is 5.41 Å². The van der Waals surface area contributed by atoms with Gasteiger partial charge in [-0.05, 0) is 18.9 Å². The Labute approximate surface area is 127 Å². The van der Waals surface area contributed by atoms with Crippen LogP contribution in [-0.2, 0) is 26.3 Å². The highest BCUT2D eigenvalue weighted by molar-refractivity contribution is 6.51. The first-order chi connectivity index (χ1) is 9.40. The second-order valence-electron chi connectivity index (χ2n) is 5.67. The van der Waals surface area contributed by atoms with Crippen LogP contribution in [-0.4, -0.2) is 24.3 Å². The topological polar surface area (TPSA) is 56.7 Å². The minimum atomic E-state index is -0.650. The van der Waals surface area contributed by atoms with Gasteiger partial charge in [0.2, 0.25) is 5.89 Å². The average molecular weight is 315 g/mol. The van der Waals surface area contributed by atoms with Crippen molar-refractivity contribution in [2.24, 2.45) is 12.5 Å². The second kappa shape index (κ2) is 4.74. The summed E-state index contributed by atoms with van der Waals surface area (Å²) in [5.74, 6) is 1.32. The fourth-order valence-corrected chi connectivity index (χ4v) is 3.06. The number of nitrogens with zero attached hydrogens (tertiary/aromatic N) is 4. The van der Waals surface area contributed by atoms with Crippen LogP contribution in [0.25, 0.3) is 0 Å². The lowest BCUT2D eigenvalue weighted by molar-refractivity contribution is 0.368. The SMILES string of the molecule is Cn1nccc1CCc1nc(CC2(C)CC2(Cl)Cl)no1. The first-order valence-electron chi connectivity index (χ1n) is 6.56. The molecule has 1 aliphatic carbocycles. The van der Waals surface area contributed by atoms with E-state index in [1.54, 1.807) is 6.20 Å². The Kier molecular flexibility index (Phi) is 3.29. The Morgan fingerprint density at radius 2 is 2.15 bits per heavy atom. The number of alkyl halides is 2. The quantitative estimate of drug-likeness (QED) is 0.796. The van der Waals surface area contributed by atoms with Crippen molar-refractivity contribution >= 4 is 23.2 Å². The van der Waals surface area contributed by atoms with Crippen LogP contribution in [0.15, 0.2) is 16.8 Å². The molecule has 0 radical (unpaired) electrons. The minimum absolute atomic E-state index is 0.140. The Balaban J connectivity index is 1.59. The van der Waals surface area contributed by atoms with Gasteiger partial charge in [-0.1, -0.05) is 12.1 Å². The molecule has 1 saturated carbocycles. The summed E-state index contributed by atoms with van der Waals surface area (Å²) in [7, 11) is 1.92. The predicted octanol–water partition coefficient (Wildman–Crippen LogP) is 2.71. The van der Waals surface area contributed by atoms with Crippen molar-refractivity contribution in [1.29, 1.82) is 0 Å². The lowest BCUT2D eigenvalue weighted by atomic mass is 10.1. The van der Waals surface area contributed by atoms with E-state index in [0.717, 1.165) is 18.5 Å². The third-order valence-corrected chi connectivity index (χ3v) is 5.13. The van der Waals surface area contributed by atoms with Crippen molar-refractivity contribution in [3.63, 3.8) is 0 Å². The smallest absolute Gasteiger partial charge is 0.227 e. The zero-order valence-electron chi connectivity index (χ0n) is 11.4. The Morgan fingerprint density at radius 1 is 1.40 bits per heavy atom. The van der Waals surface area contributed by atoms with Gasteiger partial charge in [0.1, 0.15) is 4.33 Å². The van der Waals surface area contributed by atoms with Crippen LogP contribution in [0.1, 0.15) is 30.8 Å². The molecule has 20 heavy (non-hydrogen) atoms. The van der Waals surface area contributed by atoms with Gasteiger partial charge in [0.05, 0.1) is 0 Å². The first kappa shape index (κ1) is 13.9. The van der Waals surface area contributed by atoms with Gasteiger partial charge >= 0.3 is 0 Å². The molecule has 0 aliphatic heterocycles. The highest BCUT2D eigenvalue weighted by Gasteiger charge is 2.63. The van der Waals surface area contributed by atoms with Gasteiger partial charge in [-0.2, -0.15) is 10.1 Å². The molecule has 1 fully saturated rings. The molecule has 3 rings (SSSR count). The van der Waals surface area contributed by atoms with Crippen LogP contribution in [0.5, 0.6) is 0 Å². The monoisotopic (exact) mass is 314 g/mol. The van der Waals surface area contributed by atoms with Gasteiger partial charge in [-0.3, -0.25) is 4.68 Å². The summed E-state index contributed by atoms with van der Waals surface area (Å²) in [6.45, 7) is 2.04. The molecule has 0 bridgehead atoms. The van der Waals surface area contributed by atoms with Crippen molar-refractivity contribution in [2.75, 3.05) is 0 Å². The average Bonchev–Trinajstić information content (AvgIpc) is 2.79. The lowest BCUT2D eigenvalue weighted by Gasteiger charge is -2.07.